The van der Waals surface area contributed by atoms with Gasteiger partial charge in [0.25, 0.3) is 0 Å². The quantitative estimate of drug-likeness (QED) is 0.545. The Labute approximate surface area is 184 Å². The Kier molecular flexibility index (Phi) is 5.03. The van der Waals surface area contributed by atoms with E-state index in [1.807, 2.05) is 48.0 Å². The number of nitrogens with zero attached hydrogens (tertiary/aromatic N) is 7. The van der Waals surface area contributed by atoms with Crippen molar-refractivity contribution >= 4 is 40.0 Å². The van der Waals surface area contributed by atoms with E-state index in [0.717, 1.165) is 66.0 Å². The van der Waals surface area contributed by atoms with Crippen molar-refractivity contribution in [3.63, 3.8) is 0 Å². The van der Waals surface area contributed by atoms with Crippen LogP contribution in [0.15, 0.2) is 23.4 Å². The van der Waals surface area contributed by atoms with Crippen LogP contribution in [-0.4, -0.2) is 74.1 Å². The SMILES string of the molecule is Cc1cc(Nc2cc(N3CCC(N)(CO)CC3)nc3c(C4C=NN(C)C4)cnn23)sn1. The lowest BCUT2D eigenvalue weighted by Crippen LogP contribution is -2.53. The molecule has 31 heavy (non-hydrogen) atoms. The van der Waals surface area contributed by atoms with Gasteiger partial charge in [-0.3, -0.25) is 5.01 Å². The van der Waals surface area contributed by atoms with Crippen LogP contribution in [0.4, 0.5) is 16.6 Å². The third-order valence-corrected chi connectivity index (χ3v) is 6.86. The number of aliphatic hydroxyl groups excluding tert-OH is 1. The highest BCUT2D eigenvalue weighted by molar-refractivity contribution is 7.10. The Morgan fingerprint density at radius 1 is 1.32 bits per heavy atom. The van der Waals surface area contributed by atoms with Crippen LogP contribution >= 0.6 is 11.5 Å². The average Bonchev–Trinajstić information content (AvgIpc) is 3.48. The minimum absolute atomic E-state index is 0.00609. The summed E-state index contributed by atoms with van der Waals surface area (Å²) in [5.41, 5.74) is 8.62. The Bertz CT molecular complexity index is 1120. The second-order valence-electron chi connectivity index (χ2n) is 8.51. The summed E-state index contributed by atoms with van der Waals surface area (Å²) in [4.78, 5) is 7.23. The summed E-state index contributed by atoms with van der Waals surface area (Å²) in [6.45, 7) is 4.28. The lowest BCUT2D eigenvalue weighted by Gasteiger charge is -2.38. The molecule has 0 bridgehead atoms. The van der Waals surface area contributed by atoms with E-state index in [1.54, 1.807) is 0 Å². The van der Waals surface area contributed by atoms with E-state index in [4.69, 9.17) is 10.7 Å². The van der Waals surface area contributed by atoms with Gasteiger partial charge in [0, 0.05) is 56.0 Å². The third-order valence-electron chi connectivity index (χ3n) is 6.07. The van der Waals surface area contributed by atoms with Crippen LogP contribution in [0.2, 0.25) is 0 Å². The Morgan fingerprint density at radius 3 is 2.77 bits per heavy atom. The number of hydrazone groups is 1. The number of aliphatic hydroxyl groups is 1. The van der Waals surface area contributed by atoms with Gasteiger partial charge in [0.1, 0.15) is 16.6 Å². The highest BCUT2D eigenvalue weighted by Crippen LogP contribution is 2.31. The summed E-state index contributed by atoms with van der Waals surface area (Å²) in [6, 6.07) is 4.04. The zero-order chi connectivity index (χ0) is 21.6. The van der Waals surface area contributed by atoms with Crippen molar-refractivity contribution in [3.8, 4) is 0 Å². The lowest BCUT2D eigenvalue weighted by molar-refractivity contribution is 0.170. The maximum absolute atomic E-state index is 9.61. The van der Waals surface area contributed by atoms with Gasteiger partial charge in [-0.1, -0.05) is 0 Å². The smallest absolute Gasteiger partial charge is 0.163 e. The van der Waals surface area contributed by atoms with Crippen molar-refractivity contribution in [2.45, 2.75) is 31.2 Å². The van der Waals surface area contributed by atoms with E-state index in [2.05, 4.69) is 24.8 Å². The van der Waals surface area contributed by atoms with Gasteiger partial charge in [-0.2, -0.15) is 19.1 Å². The highest BCUT2D eigenvalue weighted by Gasteiger charge is 2.31. The fourth-order valence-electron chi connectivity index (χ4n) is 4.12. The number of nitrogens with two attached hydrogens (primary N) is 1. The largest absolute Gasteiger partial charge is 0.394 e. The third kappa shape index (κ3) is 3.84. The molecule has 0 aromatic carbocycles. The Morgan fingerprint density at radius 2 is 2.13 bits per heavy atom. The van der Waals surface area contributed by atoms with Crippen molar-refractivity contribution in [3.05, 3.63) is 29.6 Å². The number of nitrogens with one attached hydrogen (secondary N) is 1. The molecule has 164 valence electrons. The molecule has 4 N–H and O–H groups in total. The molecule has 5 heterocycles. The maximum Gasteiger partial charge on any atom is 0.163 e. The van der Waals surface area contributed by atoms with Gasteiger partial charge in [0.05, 0.1) is 18.5 Å². The first kappa shape index (κ1) is 20.2. The molecule has 10 nitrogen and oxygen atoms in total. The molecule has 1 unspecified atom stereocenters. The van der Waals surface area contributed by atoms with Crippen molar-refractivity contribution in [2.75, 3.05) is 43.5 Å². The van der Waals surface area contributed by atoms with E-state index in [-0.39, 0.29) is 12.5 Å². The summed E-state index contributed by atoms with van der Waals surface area (Å²) in [7, 11) is 1.97. The summed E-state index contributed by atoms with van der Waals surface area (Å²) in [5.74, 6) is 1.86. The average molecular weight is 442 g/mol. The van der Waals surface area contributed by atoms with Crippen molar-refractivity contribution in [1.82, 2.24) is 24.0 Å². The highest BCUT2D eigenvalue weighted by atomic mass is 32.1. The Balaban J connectivity index is 1.54. The molecule has 2 aliphatic rings. The van der Waals surface area contributed by atoms with Gasteiger partial charge in [-0.25, -0.2) is 4.98 Å². The number of anilines is 3. The second-order valence-corrected chi connectivity index (χ2v) is 9.32. The van der Waals surface area contributed by atoms with Crippen LogP contribution < -0.4 is 16.0 Å². The molecule has 0 radical (unpaired) electrons. The van der Waals surface area contributed by atoms with Gasteiger partial charge in [-0.15, -0.1) is 0 Å². The summed E-state index contributed by atoms with van der Waals surface area (Å²) < 4.78 is 6.22. The van der Waals surface area contributed by atoms with Gasteiger partial charge in [-0.05, 0) is 37.4 Å². The molecule has 1 saturated heterocycles. The molecule has 3 aromatic heterocycles. The number of likely N-dealkylation sites (N-methyl/N-ethyl adjacent to an activating group) is 1. The molecular formula is C20H27N9OS. The van der Waals surface area contributed by atoms with Crippen LogP contribution in [0.5, 0.6) is 0 Å². The zero-order valence-electron chi connectivity index (χ0n) is 17.7. The minimum atomic E-state index is -0.505. The van der Waals surface area contributed by atoms with Gasteiger partial charge >= 0.3 is 0 Å². The molecule has 0 spiro atoms. The number of rotatable bonds is 5. The van der Waals surface area contributed by atoms with Crippen molar-refractivity contribution in [2.24, 2.45) is 10.8 Å². The van der Waals surface area contributed by atoms with Crippen molar-refractivity contribution in [1.29, 1.82) is 0 Å². The van der Waals surface area contributed by atoms with Crippen LogP contribution in [-0.2, 0) is 0 Å². The fourth-order valence-corrected chi connectivity index (χ4v) is 4.79. The summed E-state index contributed by atoms with van der Waals surface area (Å²) in [5, 5.41) is 25.0. The molecule has 2 aliphatic heterocycles. The molecule has 11 heteroatoms. The molecule has 0 saturated carbocycles. The van der Waals surface area contributed by atoms with E-state index >= 15 is 0 Å². The standard InChI is InChI=1S/C20H27N9OS/c1-13-7-18(31-26-13)24-17-8-16(28-5-3-20(21,12-30)4-6-28)25-19-15(10-23-29(17)19)14-9-22-27(2)11-14/h7-10,14,24,30H,3-6,11-12,21H2,1-2H3. The first-order valence-electron chi connectivity index (χ1n) is 10.4. The summed E-state index contributed by atoms with van der Waals surface area (Å²) in [6.07, 6.45) is 5.28. The van der Waals surface area contributed by atoms with E-state index < -0.39 is 5.54 Å². The van der Waals surface area contributed by atoms with Gasteiger partial charge in [0.2, 0.25) is 0 Å². The fraction of sp³-hybridized carbons (Fsp3) is 0.500. The normalized spacial score (nSPS) is 20.7. The molecular weight excluding hydrogens is 414 g/mol. The number of aromatic nitrogens is 4. The van der Waals surface area contributed by atoms with Crippen LogP contribution in [0.3, 0.4) is 0 Å². The molecule has 0 amide bonds. The topological polar surface area (TPSA) is 120 Å². The molecule has 3 aromatic rings. The van der Waals surface area contributed by atoms with Gasteiger partial charge < -0.3 is 21.1 Å². The van der Waals surface area contributed by atoms with E-state index in [9.17, 15) is 5.11 Å². The van der Waals surface area contributed by atoms with E-state index in [1.165, 1.54) is 11.5 Å². The van der Waals surface area contributed by atoms with Crippen LogP contribution in [0.1, 0.15) is 30.0 Å². The first-order valence-corrected chi connectivity index (χ1v) is 11.2. The lowest BCUT2D eigenvalue weighted by atomic mass is 9.89. The van der Waals surface area contributed by atoms with Crippen molar-refractivity contribution < 1.29 is 5.11 Å². The monoisotopic (exact) mass is 441 g/mol. The Hall–Kier alpha value is -2.76. The summed E-state index contributed by atoms with van der Waals surface area (Å²) >= 11 is 1.42. The zero-order valence-corrected chi connectivity index (χ0v) is 18.5. The maximum atomic E-state index is 9.61. The number of hydrogen-bond acceptors (Lipinski definition) is 10. The molecule has 0 aliphatic carbocycles. The number of hydrogen-bond donors (Lipinski definition) is 3. The molecule has 1 atom stereocenters. The minimum Gasteiger partial charge on any atom is -0.394 e. The predicted molar refractivity (Wildman–Crippen MR) is 122 cm³/mol. The predicted octanol–water partition coefficient (Wildman–Crippen LogP) is 1.54. The second kappa shape index (κ2) is 7.74. The number of piperidine rings is 1. The number of aryl methyl sites for hydroxylation is 1. The van der Waals surface area contributed by atoms with Crippen LogP contribution in [0, 0.1) is 6.92 Å². The van der Waals surface area contributed by atoms with Crippen LogP contribution in [0.25, 0.3) is 5.65 Å². The molecule has 1 fully saturated rings. The number of fused-ring (bicyclic) bond motifs is 1. The molecule has 5 rings (SSSR count). The van der Waals surface area contributed by atoms with E-state index in [0.29, 0.717) is 0 Å². The van der Waals surface area contributed by atoms with Gasteiger partial charge in [0.15, 0.2) is 5.65 Å². The first-order chi connectivity index (χ1) is 14.9.